The van der Waals surface area contributed by atoms with Crippen molar-refractivity contribution in [3.05, 3.63) is 36.5 Å². The van der Waals surface area contributed by atoms with Crippen LogP contribution in [0.1, 0.15) is 33.9 Å². The van der Waals surface area contributed by atoms with Crippen molar-refractivity contribution in [1.29, 1.82) is 0 Å². The van der Waals surface area contributed by atoms with E-state index in [4.69, 9.17) is 23.7 Å². The lowest BCUT2D eigenvalue weighted by atomic mass is 9.97. The van der Waals surface area contributed by atoms with Crippen molar-refractivity contribution in [2.45, 2.75) is 58.3 Å². The average molecular weight is 447 g/mol. The monoisotopic (exact) mass is 447 g/mol. The van der Waals surface area contributed by atoms with Gasteiger partial charge in [-0.25, -0.2) is 0 Å². The number of fused-ring (bicyclic) bond motifs is 1. The van der Waals surface area contributed by atoms with Crippen LogP contribution in [-0.2, 0) is 42.9 Å². The van der Waals surface area contributed by atoms with Gasteiger partial charge in [-0.05, 0) is 17.5 Å². The van der Waals surface area contributed by atoms with Crippen LogP contribution in [0.2, 0.25) is 0 Å². The van der Waals surface area contributed by atoms with Crippen molar-refractivity contribution < 1.29 is 42.9 Å². The number of benzene rings is 1. The van der Waals surface area contributed by atoms with E-state index in [-0.39, 0.29) is 6.61 Å². The lowest BCUT2D eigenvalue weighted by molar-refractivity contribution is -0.267. The van der Waals surface area contributed by atoms with Crippen LogP contribution < -0.4 is 0 Å². The van der Waals surface area contributed by atoms with Crippen molar-refractivity contribution in [2.75, 3.05) is 6.61 Å². The van der Waals surface area contributed by atoms with E-state index < -0.39 is 54.5 Å². The number of rotatable bonds is 6. The lowest BCUT2D eigenvalue weighted by Gasteiger charge is -2.44. The van der Waals surface area contributed by atoms with Crippen LogP contribution in [0, 0.1) is 0 Å². The zero-order valence-electron chi connectivity index (χ0n) is 18.2. The molecule has 0 amide bonds. The topological polar surface area (TPSA) is 119 Å². The second-order valence-electron chi connectivity index (χ2n) is 7.37. The van der Waals surface area contributed by atoms with Crippen LogP contribution in [0.25, 0.3) is 10.9 Å². The number of aromatic nitrogens is 1. The minimum absolute atomic E-state index is 0.270. The predicted molar refractivity (Wildman–Crippen MR) is 109 cm³/mol. The molecule has 2 aromatic rings. The van der Waals surface area contributed by atoms with Crippen molar-refractivity contribution >= 4 is 34.8 Å². The van der Waals surface area contributed by atoms with Gasteiger partial charge in [-0.1, -0.05) is 18.2 Å². The SMILES string of the molecule is CC(=O)OC[C@@H]1O[C@H](n2ccc3ccccc32)[C@H](OC(C)=O)[C@@H](OC(C)=O)[C@H]1OC(C)=O. The zero-order chi connectivity index (χ0) is 23.4. The fourth-order valence-corrected chi connectivity index (χ4v) is 3.76. The molecule has 0 bridgehead atoms. The Hall–Kier alpha value is -3.40. The van der Waals surface area contributed by atoms with E-state index in [9.17, 15) is 19.2 Å². The third-order valence-corrected chi connectivity index (χ3v) is 4.87. The molecule has 2 heterocycles. The Morgan fingerprint density at radius 3 is 2.03 bits per heavy atom. The molecule has 0 spiro atoms. The Labute approximate surface area is 184 Å². The van der Waals surface area contributed by atoms with E-state index >= 15 is 0 Å². The molecule has 3 rings (SSSR count). The van der Waals surface area contributed by atoms with Crippen molar-refractivity contribution in [2.24, 2.45) is 0 Å². The fraction of sp³-hybridized carbons (Fsp3) is 0.455. The molecule has 1 aliphatic rings. The standard InChI is InChI=1S/C22H25NO9/c1-12(24)28-11-18-19(29-13(2)25)20(30-14(3)26)21(31-15(4)27)22(32-18)23-10-9-16-7-5-6-8-17(16)23/h5-10,18-22H,11H2,1-4H3/t18-,19-,20-,21+,22-/m0/s1. The summed E-state index contributed by atoms with van der Waals surface area (Å²) >= 11 is 0. The number of ether oxygens (including phenoxy) is 5. The van der Waals surface area contributed by atoms with Gasteiger partial charge in [0, 0.05) is 33.9 Å². The van der Waals surface area contributed by atoms with Crippen molar-refractivity contribution in [1.82, 2.24) is 4.57 Å². The molecule has 172 valence electrons. The molecule has 1 fully saturated rings. The first-order chi connectivity index (χ1) is 15.2. The lowest BCUT2D eigenvalue weighted by Crippen LogP contribution is -2.60. The number of para-hydroxylation sites is 1. The highest BCUT2D eigenvalue weighted by Gasteiger charge is 2.52. The van der Waals surface area contributed by atoms with Crippen LogP contribution in [0.4, 0.5) is 0 Å². The molecule has 0 aliphatic carbocycles. The van der Waals surface area contributed by atoms with E-state index in [1.165, 1.54) is 27.7 Å². The quantitative estimate of drug-likeness (QED) is 0.483. The summed E-state index contributed by atoms with van der Waals surface area (Å²) in [7, 11) is 0. The Balaban J connectivity index is 2.10. The summed E-state index contributed by atoms with van der Waals surface area (Å²) in [5.41, 5.74) is 0.772. The van der Waals surface area contributed by atoms with Crippen LogP contribution in [-0.4, -0.2) is 59.5 Å². The highest BCUT2D eigenvalue weighted by Crippen LogP contribution is 2.36. The van der Waals surface area contributed by atoms with E-state index in [0.29, 0.717) is 0 Å². The van der Waals surface area contributed by atoms with Crippen LogP contribution >= 0.6 is 0 Å². The van der Waals surface area contributed by atoms with E-state index in [0.717, 1.165) is 10.9 Å². The van der Waals surface area contributed by atoms with Crippen molar-refractivity contribution in [3.63, 3.8) is 0 Å². The van der Waals surface area contributed by atoms with Gasteiger partial charge in [0.05, 0.1) is 5.52 Å². The molecule has 32 heavy (non-hydrogen) atoms. The molecule has 10 heteroatoms. The summed E-state index contributed by atoms with van der Waals surface area (Å²) < 4.78 is 29.4. The van der Waals surface area contributed by atoms with Gasteiger partial charge < -0.3 is 28.3 Å². The van der Waals surface area contributed by atoms with E-state index in [1.807, 2.05) is 30.3 Å². The van der Waals surface area contributed by atoms with E-state index in [2.05, 4.69) is 0 Å². The molecule has 1 aromatic carbocycles. The largest absolute Gasteiger partial charge is 0.463 e. The molecule has 1 aliphatic heterocycles. The van der Waals surface area contributed by atoms with Gasteiger partial charge in [-0.15, -0.1) is 0 Å². The molecule has 10 nitrogen and oxygen atoms in total. The van der Waals surface area contributed by atoms with Gasteiger partial charge in [-0.2, -0.15) is 0 Å². The van der Waals surface area contributed by atoms with Crippen LogP contribution in [0.3, 0.4) is 0 Å². The predicted octanol–water partition coefficient (Wildman–Crippen LogP) is 1.90. The highest BCUT2D eigenvalue weighted by atomic mass is 16.7. The maximum atomic E-state index is 11.9. The summed E-state index contributed by atoms with van der Waals surface area (Å²) in [6.45, 7) is 4.53. The van der Waals surface area contributed by atoms with Crippen molar-refractivity contribution in [3.8, 4) is 0 Å². The second-order valence-corrected chi connectivity index (χ2v) is 7.37. The second kappa shape index (κ2) is 9.82. The normalized spacial score (nSPS) is 25.1. The summed E-state index contributed by atoms with van der Waals surface area (Å²) in [5, 5.41) is 0.903. The molecule has 0 saturated carbocycles. The molecule has 1 aromatic heterocycles. The Bertz CT molecular complexity index is 1010. The molecule has 0 N–H and O–H groups in total. The number of carbonyl (C=O) groups is 4. The molecule has 0 radical (unpaired) electrons. The molecule has 5 atom stereocenters. The number of hydrogen-bond acceptors (Lipinski definition) is 9. The molecular weight excluding hydrogens is 422 g/mol. The van der Waals surface area contributed by atoms with Gasteiger partial charge in [0.1, 0.15) is 12.7 Å². The Kier molecular flexibility index (Phi) is 7.14. The van der Waals surface area contributed by atoms with Gasteiger partial charge in [0.25, 0.3) is 0 Å². The number of nitrogens with zero attached hydrogens (tertiary/aromatic N) is 1. The summed E-state index contributed by atoms with van der Waals surface area (Å²) in [5.74, 6) is -2.55. The van der Waals surface area contributed by atoms with Crippen LogP contribution in [0.15, 0.2) is 36.5 Å². The average Bonchev–Trinajstić information content (AvgIpc) is 3.12. The number of carbonyl (C=O) groups excluding carboxylic acids is 4. The fourth-order valence-electron chi connectivity index (χ4n) is 3.76. The van der Waals surface area contributed by atoms with Gasteiger partial charge in [0.2, 0.25) is 0 Å². The van der Waals surface area contributed by atoms with Crippen LogP contribution in [0.5, 0.6) is 0 Å². The number of esters is 4. The Morgan fingerprint density at radius 1 is 0.812 bits per heavy atom. The minimum Gasteiger partial charge on any atom is -0.463 e. The number of hydrogen-bond donors (Lipinski definition) is 0. The van der Waals surface area contributed by atoms with Gasteiger partial charge in [-0.3, -0.25) is 19.2 Å². The third kappa shape index (κ3) is 5.25. The minimum atomic E-state index is -1.21. The molecule has 0 unspecified atom stereocenters. The first-order valence-corrected chi connectivity index (χ1v) is 10.0. The highest BCUT2D eigenvalue weighted by molar-refractivity contribution is 5.80. The van der Waals surface area contributed by atoms with Gasteiger partial charge in [0.15, 0.2) is 24.5 Å². The third-order valence-electron chi connectivity index (χ3n) is 4.87. The van der Waals surface area contributed by atoms with Gasteiger partial charge >= 0.3 is 23.9 Å². The Morgan fingerprint density at radius 2 is 1.41 bits per heavy atom. The smallest absolute Gasteiger partial charge is 0.303 e. The summed E-state index contributed by atoms with van der Waals surface area (Å²) in [6.07, 6.45) is -3.75. The first kappa shape index (κ1) is 23.3. The maximum Gasteiger partial charge on any atom is 0.303 e. The summed E-state index contributed by atoms with van der Waals surface area (Å²) in [4.78, 5) is 47.1. The first-order valence-electron chi connectivity index (χ1n) is 10.0. The molecular formula is C22H25NO9. The maximum absolute atomic E-state index is 11.9. The van der Waals surface area contributed by atoms with E-state index in [1.54, 1.807) is 10.8 Å². The summed E-state index contributed by atoms with van der Waals surface area (Å²) in [6, 6.07) is 9.31. The molecule has 1 saturated heterocycles. The zero-order valence-corrected chi connectivity index (χ0v) is 18.2.